The van der Waals surface area contributed by atoms with E-state index >= 15 is 0 Å². The van der Waals surface area contributed by atoms with Gasteiger partial charge in [0.05, 0.1) is 0 Å². The predicted octanol–water partition coefficient (Wildman–Crippen LogP) is 2.42. The highest BCUT2D eigenvalue weighted by Crippen LogP contribution is 2.21. The summed E-state index contributed by atoms with van der Waals surface area (Å²) in [6.07, 6.45) is 3.62. The third kappa shape index (κ3) is 1.86. The minimum atomic E-state index is -0.364. The third-order valence-electron chi connectivity index (χ3n) is 2.63. The second-order valence-corrected chi connectivity index (χ2v) is 4.03. The monoisotopic (exact) mass is 216 g/mol. The summed E-state index contributed by atoms with van der Waals surface area (Å²) < 4.78 is 5.18. The molecular formula is C12H12N2O2. The van der Waals surface area contributed by atoms with Crippen molar-refractivity contribution in [2.75, 3.05) is 0 Å². The standard InChI is InChI=1S/C12H12N2O2/c15-12(14-9-1-2-9)16-10-3-4-11-8(7-10)5-6-13-11/h3-7,9,13H,1-2H2,(H,14,15). The van der Waals surface area contributed by atoms with Gasteiger partial charge in [0, 0.05) is 23.1 Å². The van der Waals surface area contributed by atoms with Crippen molar-refractivity contribution in [1.82, 2.24) is 10.3 Å². The van der Waals surface area contributed by atoms with Crippen LogP contribution in [0.25, 0.3) is 10.9 Å². The molecular weight excluding hydrogens is 204 g/mol. The van der Waals surface area contributed by atoms with Crippen LogP contribution in [0.4, 0.5) is 4.79 Å². The highest BCUT2D eigenvalue weighted by atomic mass is 16.6. The van der Waals surface area contributed by atoms with Crippen molar-refractivity contribution < 1.29 is 9.53 Å². The quantitative estimate of drug-likeness (QED) is 0.810. The van der Waals surface area contributed by atoms with E-state index in [0.29, 0.717) is 11.8 Å². The summed E-state index contributed by atoms with van der Waals surface area (Å²) in [5.41, 5.74) is 1.04. The zero-order valence-electron chi connectivity index (χ0n) is 8.69. The van der Waals surface area contributed by atoms with Gasteiger partial charge in [-0.2, -0.15) is 0 Å². The van der Waals surface area contributed by atoms with Gasteiger partial charge in [0.2, 0.25) is 0 Å². The molecule has 4 nitrogen and oxygen atoms in total. The van der Waals surface area contributed by atoms with Crippen LogP contribution in [0.2, 0.25) is 0 Å². The Balaban J connectivity index is 1.74. The van der Waals surface area contributed by atoms with Crippen LogP contribution in [0, 0.1) is 0 Å². The van der Waals surface area contributed by atoms with Crippen molar-refractivity contribution in [1.29, 1.82) is 0 Å². The van der Waals surface area contributed by atoms with Crippen molar-refractivity contribution >= 4 is 17.0 Å². The smallest absolute Gasteiger partial charge is 0.410 e. The molecule has 1 aliphatic rings. The Hall–Kier alpha value is -1.97. The van der Waals surface area contributed by atoms with Crippen molar-refractivity contribution in [3.63, 3.8) is 0 Å². The van der Waals surface area contributed by atoms with E-state index in [4.69, 9.17) is 4.74 Å². The molecule has 1 saturated carbocycles. The molecule has 1 heterocycles. The van der Waals surface area contributed by atoms with Gasteiger partial charge in [0.1, 0.15) is 5.75 Å². The molecule has 0 atom stereocenters. The number of amides is 1. The highest BCUT2D eigenvalue weighted by molar-refractivity contribution is 5.82. The average Bonchev–Trinajstić information content (AvgIpc) is 2.95. The van der Waals surface area contributed by atoms with E-state index < -0.39 is 0 Å². The van der Waals surface area contributed by atoms with Gasteiger partial charge in [-0.1, -0.05) is 0 Å². The summed E-state index contributed by atoms with van der Waals surface area (Å²) in [7, 11) is 0. The number of benzene rings is 1. The maximum atomic E-state index is 11.4. The number of carbonyl (C=O) groups excluding carboxylic acids is 1. The molecule has 16 heavy (non-hydrogen) atoms. The molecule has 2 N–H and O–H groups in total. The molecule has 1 fully saturated rings. The van der Waals surface area contributed by atoms with Crippen LogP contribution >= 0.6 is 0 Å². The van der Waals surface area contributed by atoms with Crippen LogP contribution in [-0.4, -0.2) is 17.1 Å². The minimum absolute atomic E-state index is 0.323. The Morgan fingerprint density at radius 1 is 1.38 bits per heavy atom. The van der Waals surface area contributed by atoms with Crippen LogP contribution in [0.5, 0.6) is 5.75 Å². The van der Waals surface area contributed by atoms with Crippen LogP contribution in [0.3, 0.4) is 0 Å². The largest absolute Gasteiger partial charge is 0.412 e. The summed E-state index contributed by atoms with van der Waals surface area (Å²) in [6.45, 7) is 0. The third-order valence-corrected chi connectivity index (χ3v) is 2.63. The van der Waals surface area contributed by atoms with Gasteiger partial charge in [-0.3, -0.25) is 0 Å². The second-order valence-electron chi connectivity index (χ2n) is 4.03. The molecule has 0 radical (unpaired) electrons. The van der Waals surface area contributed by atoms with Crippen molar-refractivity contribution in [2.45, 2.75) is 18.9 Å². The number of hydrogen-bond donors (Lipinski definition) is 2. The number of rotatable bonds is 2. The Kier molecular flexibility index (Phi) is 2.06. The van der Waals surface area contributed by atoms with Crippen LogP contribution in [0.1, 0.15) is 12.8 Å². The van der Waals surface area contributed by atoms with Gasteiger partial charge < -0.3 is 15.0 Å². The van der Waals surface area contributed by atoms with Crippen molar-refractivity contribution in [3.8, 4) is 5.75 Å². The molecule has 0 bridgehead atoms. The van der Waals surface area contributed by atoms with E-state index in [1.807, 2.05) is 24.4 Å². The lowest BCUT2D eigenvalue weighted by Crippen LogP contribution is -2.28. The van der Waals surface area contributed by atoms with Gasteiger partial charge in [-0.15, -0.1) is 0 Å². The summed E-state index contributed by atoms with van der Waals surface area (Å²) in [5.74, 6) is 0.574. The van der Waals surface area contributed by atoms with Crippen molar-refractivity contribution in [3.05, 3.63) is 30.5 Å². The van der Waals surface area contributed by atoms with Crippen LogP contribution < -0.4 is 10.1 Å². The maximum Gasteiger partial charge on any atom is 0.412 e. The molecule has 1 aromatic heterocycles. The van der Waals surface area contributed by atoms with Crippen LogP contribution in [-0.2, 0) is 0 Å². The zero-order chi connectivity index (χ0) is 11.0. The fraction of sp³-hybridized carbons (Fsp3) is 0.250. The highest BCUT2D eigenvalue weighted by Gasteiger charge is 2.24. The maximum absolute atomic E-state index is 11.4. The van der Waals surface area contributed by atoms with Gasteiger partial charge in [0.15, 0.2) is 0 Å². The number of nitrogens with one attached hydrogen (secondary N) is 2. The molecule has 0 aliphatic heterocycles. The topological polar surface area (TPSA) is 54.1 Å². The first-order valence-electron chi connectivity index (χ1n) is 5.37. The SMILES string of the molecule is O=C(NC1CC1)Oc1ccc2[nH]ccc2c1. The number of hydrogen-bond acceptors (Lipinski definition) is 2. The first kappa shape index (κ1) is 9.27. The Labute approximate surface area is 92.6 Å². The van der Waals surface area contributed by atoms with E-state index in [-0.39, 0.29) is 6.09 Å². The molecule has 1 aliphatic carbocycles. The summed E-state index contributed by atoms with van der Waals surface area (Å²) in [4.78, 5) is 14.5. The number of ether oxygens (including phenoxy) is 1. The van der Waals surface area contributed by atoms with E-state index in [2.05, 4.69) is 10.3 Å². The summed E-state index contributed by atoms with van der Waals surface area (Å²) in [5, 5.41) is 3.81. The number of H-pyrrole nitrogens is 1. The van der Waals surface area contributed by atoms with Gasteiger partial charge in [-0.05, 0) is 37.1 Å². The lowest BCUT2D eigenvalue weighted by atomic mass is 10.2. The average molecular weight is 216 g/mol. The molecule has 82 valence electrons. The van der Waals surface area contributed by atoms with Gasteiger partial charge >= 0.3 is 6.09 Å². The van der Waals surface area contributed by atoms with Crippen molar-refractivity contribution in [2.24, 2.45) is 0 Å². The first-order chi connectivity index (χ1) is 7.81. The zero-order valence-corrected chi connectivity index (χ0v) is 8.69. The molecule has 1 aromatic carbocycles. The Morgan fingerprint density at radius 2 is 2.25 bits per heavy atom. The number of fused-ring (bicyclic) bond motifs is 1. The lowest BCUT2D eigenvalue weighted by molar-refractivity contribution is 0.200. The van der Waals surface area contributed by atoms with E-state index in [9.17, 15) is 4.79 Å². The fourth-order valence-corrected chi connectivity index (χ4v) is 1.63. The van der Waals surface area contributed by atoms with E-state index in [0.717, 1.165) is 23.7 Å². The molecule has 0 spiro atoms. The normalized spacial score (nSPS) is 15.0. The first-order valence-corrected chi connectivity index (χ1v) is 5.37. The molecule has 0 unspecified atom stereocenters. The fourth-order valence-electron chi connectivity index (χ4n) is 1.63. The molecule has 2 aromatic rings. The second kappa shape index (κ2) is 3.56. The number of aromatic amines is 1. The molecule has 3 rings (SSSR count). The summed E-state index contributed by atoms with van der Waals surface area (Å²) in [6, 6.07) is 7.79. The van der Waals surface area contributed by atoms with E-state index in [1.54, 1.807) is 6.07 Å². The Morgan fingerprint density at radius 3 is 3.06 bits per heavy atom. The lowest BCUT2D eigenvalue weighted by Gasteiger charge is -2.05. The molecule has 0 saturated heterocycles. The van der Waals surface area contributed by atoms with Gasteiger partial charge in [-0.25, -0.2) is 4.79 Å². The molecule has 4 heteroatoms. The summed E-state index contributed by atoms with van der Waals surface area (Å²) >= 11 is 0. The number of aromatic nitrogens is 1. The number of carbonyl (C=O) groups is 1. The van der Waals surface area contributed by atoms with Gasteiger partial charge in [0.25, 0.3) is 0 Å². The van der Waals surface area contributed by atoms with Crippen LogP contribution in [0.15, 0.2) is 30.5 Å². The van der Waals surface area contributed by atoms with E-state index in [1.165, 1.54) is 0 Å². The predicted molar refractivity (Wildman–Crippen MR) is 60.5 cm³/mol. The Bertz CT molecular complexity index is 529. The minimum Gasteiger partial charge on any atom is -0.410 e. The molecule has 1 amide bonds.